The van der Waals surface area contributed by atoms with E-state index in [9.17, 15) is 9.59 Å². The topological polar surface area (TPSA) is 37.4 Å². The predicted octanol–water partition coefficient (Wildman–Crippen LogP) is 3.82. The summed E-state index contributed by atoms with van der Waals surface area (Å²) in [6, 6.07) is 5.56. The minimum atomic E-state index is -0.523. The Labute approximate surface area is 131 Å². The molecule has 114 valence electrons. The molecule has 0 aromatic heterocycles. The zero-order valence-electron chi connectivity index (χ0n) is 12.9. The van der Waals surface area contributed by atoms with E-state index in [4.69, 9.17) is 11.6 Å². The van der Waals surface area contributed by atoms with Gasteiger partial charge >= 0.3 is 0 Å². The van der Waals surface area contributed by atoms with Crippen molar-refractivity contribution in [2.24, 2.45) is 5.92 Å². The first kappa shape index (κ1) is 16.0. The molecule has 0 aliphatic carbocycles. The number of aryl methyl sites for hydroxylation is 1. The Morgan fingerprint density at radius 3 is 2.62 bits per heavy atom. The second-order valence-corrected chi connectivity index (χ2v) is 6.73. The largest absolute Gasteiger partial charge is 0.312 e. The number of benzene rings is 1. The molecule has 0 radical (unpaired) electrons. The summed E-state index contributed by atoms with van der Waals surface area (Å²) in [5.41, 5.74) is 2.65. The number of hydrogen-bond acceptors (Lipinski definition) is 2. The van der Waals surface area contributed by atoms with Crippen molar-refractivity contribution in [3.8, 4) is 0 Å². The Kier molecular flexibility index (Phi) is 5.04. The normalized spacial score (nSPS) is 15.8. The van der Waals surface area contributed by atoms with Crippen molar-refractivity contribution in [2.45, 2.75) is 45.4 Å². The van der Waals surface area contributed by atoms with E-state index in [0.717, 1.165) is 30.6 Å². The number of carbonyl (C=O) groups excluding carboxylic acids is 2. The number of ketones is 1. The number of amides is 1. The van der Waals surface area contributed by atoms with E-state index < -0.39 is 5.38 Å². The van der Waals surface area contributed by atoms with Crippen LogP contribution in [-0.4, -0.2) is 23.6 Å². The lowest BCUT2D eigenvalue weighted by molar-refractivity contribution is -0.119. The van der Waals surface area contributed by atoms with Gasteiger partial charge in [0.25, 0.3) is 0 Å². The fraction of sp³-hybridized carbons (Fsp3) is 0.529. The number of carbonyl (C=O) groups is 2. The van der Waals surface area contributed by atoms with Gasteiger partial charge in [-0.1, -0.05) is 13.8 Å². The second kappa shape index (κ2) is 6.61. The van der Waals surface area contributed by atoms with E-state index in [2.05, 4.69) is 0 Å². The Bertz CT molecular complexity index is 552. The number of halogens is 1. The fourth-order valence-corrected chi connectivity index (χ4v) is 2.82. The molecule has 2 rings (SSSR count). The average Bonchev–Trinajstić information content (AvgIpc) is 2.44. The molecular formula is C17H22ClNO2. The van der Waals surface area contributed by atoms with Gasteiger partial charge < -0.3 is 4.90 Å². The zero-order chi connectivity index (χ0) is 15.6. The Hall–Kier alpha value is -1.35. The van der Waals surface area contributed by atoms with Crippen molar-refractivity contribution < 1.29 is 9.59 Å². The van der Waals surface area contributed by atoms with Gasteiger partial charge in [-0.25, -0.2) is 0 Å². The summed E-state index contributed by atoms with van der Waals surface area (Å²) >= 11 is 5.87. The van der Waals surface area contributed by atoms with E-state index in [0.29, 0.717) is 17.9 Å². The van der Waals surface area contributed by atoms with Crippen LogP contribution in [0.1, 0.15) is 49.5 Å². The molecule has 1 heterocycles. The van der Waals surface area contributed by atoms with Crippen LogP contribution in [0, 0.1) is 5.92 Å². The summed E-state index contributed by atoms with van der Waals surface area (Å²) < 4.78 is 0. The van der Waals surface area contributed by atoms with Crippen LogP contribution in [0.15, 0.2) is 18.2 Å². The van der Waals surface area contributed by atoms with Gasteiger partial charge in [0, 0.05) is 24.2 Å². The minimum Gasteiger partial charge on any atom is -0.312 e. The maximum Gasteiger partial charge on any atom is 0.227 e. The molecule has 1 aromatic carbocycles. The summed E-state index contributed by atoms with van der Waals surface area (Å²) in [6.45, 7) is 6.54. The van der Waals surface area contributed by atoms with Crippen molar-refractivity contribution in [2.75, 3.05) is 11.4 Å². The van der Waals surface area contributed by atoms with Gasteiger partial charge in [0.1, 0.15) is 0 Å². The molecule has 1 unspecified atom stereocenters. The highest BCUT2D eigenvalue weighted by molar-refractivity contribution is 6.33. The Balaban J connectivity index is 2.28. The van der Waals surface area contributed by atoms with Crippen LogP contribution in [0.4, 0.5) is 5.69 Å². The molecule has 0 bridgehead atoms. The van der Waals surface area contributed by atoms with Crippen molar-refractivity contribution in [1.29, 1.82) is 0 Å². The maximum absolute atomic E-state index is 12.3. The number of nitrogens with zero attached hydrogens (tertiary/aromatic N) is 1. The van der Waals surface area contributed by atoms with Gasteiger partial charge in [-0.2, -0.15) is 0 Å². The molecule has 0 N–H and O–H groups in total. The molecule has 21 heavy (non-hydrogen) atoms. The summed E-state index contributed by atoms with van der Waals surface area (Å²) in [4.78, 5) is 26.2. The lowest BCUT2D eigenvalue weighted by Gasteiger charge is -2.30. The number of fused-ring (bicyclic) bond motifs is 1. The number of rotatable bonds is 4. The number of Topliss-reactive ketones (excluding diaryl/α,β-unsaturated/α-hetero) is 1. The zero-order valence-corrected chi connectivity index (χ0v) is 13.6. The van der Waals surface area contributed by atoms with Crippen LogP contribution < -0.4 is 4.90 Å². The first-order valence-electron chi connectivity index (χ1n) is 7.51. The quantitative estimate of drug-likeness (QED) is 0.626. The minimum absolute atomic E-state index is 0.0647. The SMILES string of the molecule is CC(C)CC(=O)N1CCCc2cc(C(=O)C(C)Cl)ccc21. The van der Waals surface area contributed by atoms with Crippen LogP contribution in [0.3, 0.4) is 0 Å². The molecule has 0 spiro atoms. The maximum atomic E-state index is 12.3. The Morgan fingerprint density at radius 1 is 1.29 bits per heavy atom. The molecule has 0 fully saturated rings. The third-order valence-corrected chi connectivity index (χ3v) is 3.93. The lowest BCUT2D eigenvalue weighted by Crippen LogP contribution is -2.36. The van der Waals surface area contributed by atoms with Crippen LogP contribution in [0.2, 0.25) is 0 Å². The third-order valence-electron chi connectivity index (χ3n) is 3.73. The smallest absolute Gasteiger partial charge is 0.227 e. The highest BCUT2D eigenvalue weighted by Gasteiger charge is 2.24. The highest BCUT2D eigenvalue weighted by Crippen LogP contribution is 2.29. The number of alkyl halides is 1. The summed E-state index contributed by atoms with van der Waals surface area (Å²) in [7, 11) is 0. The molecule has 0 saturated carbocycles. The van der Waals surface area contributed by atoms with Gasteiger partial charge in [-0.15, -0.1) is 11.6 Å². The molecule has 1 aromatic rings. The van der Waals surface area contributed by atoms with E-state index >= 15 is 0 Å². The van der Waals surface area contributed by atoms with Gasteiger partial charge in [-0.3, -0.25) is 9.59 Å². The summed E-state index contributed by atoms with van der Waals surface area (Å²) in [5, 5.41) is -0.523. The van der Waals surface area contributed by atoms with Crippen LogP contribution in [-0.2, 0) is 11.2 Å². The molecule has 4 heteroatoms. The van der Waals surface area contributed by atoms with Gasteiger partial charge in [0.15, 0.2) is 5.78 Å². The van der Waals surface area contributed by atoms with Crippen molar-refractivity contribution >= 4 is 29.0 Å². The second-order valence-electron chi connectivity index (χ2n) is 6.07. The van der Waals surface area contributed by atoms with Crippen LogP contribution in [0.5, 0.6) is 0 Å². The predicted molar refractivity (Wildman–Crippen MR) is 86.2 cm³/mol. The molecule has 3 nitrogen and oxygen atoms in total. The summed E-state index contributed by atoms with van der Waals surface area (Å²) in [5.74, 6) is 0.446. The molecule has 1 atom stereocenters. The molecule has 1 amide bonds. The molecule has 0 saturated heterocycles. The van der Waals surface area contributed by atoms with Crippen LogP contribution >= 0.6 is 11.6 Å². The highest BCUT2D eigenvalue weighted by atomic mass is 35.5. The van der Waals surface area contributed by atoms with Crippen LogP contribution in [0.25, 0.3) is 0 Å². The third kappa shape index (κ3) is 3.65. The number of hydrogen-bond donors (Lipinski definition) is 0. The lowest BCUT2D eigenvalue weighted by atomic mass is 9.96. The van der Waals surface area contributed by atoms with Crippen molar-refractivity contribution in [1.82, 2.24) is 0 Å². The molecule has 1 aliphatic heterocycles. The van der Waals surface area contributed by atoms with Gasteiger partial charge in [-0.05, 0) is 49.4 Å². The van der Waals surface area contributed by atoms with Gasteiger partial charge in [0.2, 0.25) is 5.91 Å². The standard InChI is InChI=1S/C17H22ClNO2/c1-11(2)9-16(20)19-8-4-5-13-10-14(6-7-15(13)19)17(21)12(3)18/h6-7,10-12H,4-5,8-9H2,1-3H3. The van der Waals surface area contributed by atoms with E-state index in [1.807, 2.05) is 30.9 Å². The van der Waals surface area contributed by atoms with E-state index in [-0.39, 0.29) is 11.7 Å². The van der Waals surface area contributed by atoms with Crippen molar-refractivity contribution in [3.63, 3.8) is 0 Å². The molecular weight excluding hydrogens is 286 g/mol. The Morgan fingerprint density at radius 2 is 2.00 bits per heavy atom. The van der Waals surface area contributed by atoms with E-state index in [1.54, 1.807) is 13.0 Å². The number of anilines is 1. The first-order chi connectivity index (χ1) is 9.90. The molecule has 1 aliphatic rings. The van der Waals surface area contributed by atoms with E-state index in [1.165, 1.54) is 0 Å². The average molecular weight is 308 g/mol. The van der Waals surface area contributed by atoms with Gasteiger partial charge in [0.05, 0.1) is 5.38 Å². The summed E-state index contributed by atoms with van der Waals surface area (Å²) in [6.07, 6.45) is 2.39. The fourth-order valence-electron chi connectivity index (χ4n) is 2.70. The first-order valence-corrected chi connectivity index (χ1v) is 7.95. The monoisotopic (exact) mass is 307 g/mol. The van der Waals surface area contributed by atoms with Crippen molar-refractivity contribution in [3.05, 3.63) is 29.3 Å².